The summed E-state index contributed by atoms with van der Waals surface area (Å²) in [7, 11) is 0. The molecule has 0 radical (unpaired) electrons. The molecule has 2 aromatic rings. The molecule has 0 aromatic heterocycles. The summed E-state index contributed by atoms with van der Waals surface area (Å²) >= 11 is 0. The maximum atomic E-state index is 12.2. The Morgan fingerprint density at radius 3 is 2.60 bits per heavy atom. The zero-order valence-electron chi connectivity index (χ0n) is 10.9. The van der Waals surface area contributed by atoms with Crippen LogP contribution >= 0.6 is 0 Å². The minimum absolute atomic E-state index is 0.107. The fraction of sp³-hybridized carbons (Fsp3) is 0.0588. The third kappa shape index (κ3) is 2.08. The minimum atomic E-state index is -0.107. The highest BCUT2D eigenvalue weighted by Crippen LogP contribution is 2.32. The molecule has 0 saturated carbocycles. The largest absolute Gasteiger partial charge is 0.452 e. The molecule has 0 spiro atoms. The number of Topliss-reactive ketones (excluding diaryl/α,β-unsaturated/α-hetero) is 1. The van der Waals surface area contributed by atoms with Gasteiger partial charge in [-0.25, -0.2) is 0 Å². The summed E-state index contributed by atoms with van der Waals surface area (Å²) < 4.78 is 5.61. The Labute approximate surface area is 116 Å². The predicted octanol–water partition coefficient (Wildman–Crippen LogP) is 3.48. The molecular formula is C17H11NO2. The first-order valence-corrected chi connectivity index (χ1v) is 6.22. The van der Waals surface area contributed by atoms with Gasteiger partial charge in [-0.05, 0) is 48.4 Å². The van der Waals surface area contributed by atoms with Crippen LogP contribution in [0.2, 0.25) is 0 Å². The van der Waals surface area contributed by atoms with E-state index in [0.29, 0.717) is 22.6 Å². The van der Waals surface area contributed by atoms with Gasteiger partial charge in [-0.3, -0.25) is 4.79 Å². The summed E-state index contributed by atoms with van der Waals surface area (Å²) in [6.07, 6.45) is 1.69. The van der Waals surface area contributed by atoms with Gasteiger partial charge in [0, 0.05) is 0 Å². The highest BCUT2D eigenvalue weighted by Gasteiger charge is 2.26. The molecule has 3 rings (SSSR count). The first-order chi connectivity index (χ1) is 9.67. The van der Waals surface area contributed by atoms with Crippen molar-refractivity contribution in [3.63, 3.8) is 0 Å². The van der Waals surface area contributed by atoms with Crippen LogP contribution in [0.3, 0.4) is 0 Å². The monoisotopic (exact) mass is 261 g/mol. The Kier molecular flexibility index (Phi) is 2.85. The minimum Gasteiger partial charge on any atom is -0.452 e. The average Bonchev–Trinajstić information content (AvgIpc) is 2.75. The lowest BCUT2D eigenvalue weighted by Gasteiger charge is -1.99. The SMILES string of the molecule is Cc1ccc2c(c1)O/C(=C\c1ccc(C#N)cc1)C2=O. The van der Waals surface area contributed by atoms with Crippen molar-refractivity contribution in [3.05, 3.63) is 70.5 Å². The molecule has 0 atom stereocenters. The van der Waals surface area contributed by atoms with Crippen LogP contribution in [0.5, 0.6) is 5.75 Å². The van der Waals surface area contributed by atoms with Crippen LogP contribution in [0, 0.1) is 18.3 Å². The number of hydrogen-bond acceptors (Lipinski definition) is 3. The molecule has 0 bridgehead atoms. The number of rotatable bonds is 1. The van der Waals surface area contributed by atoms with E-state index in [0.717, 1.165) is 11.1 Å². The van der Waals surface area contributed by atoms with Gasteiger partial charge in [-0.2, -0.15) is 5.26 Å². The number of benzene rings is 2. The Balaban J connectivity index is 1.95. The first-order valence-electron chi connectivity index (χ1n) is 6.22. The number of carbonyl (C=O) groups is 1. The van der Waals surface area contributed by atoms with Gasteiger partial charge < -0.3 is 4.74 Å². The van der Waals surface area contributed by atoms with E-state index in [1.165, 1.54) is 0 Å². The molecule has 2 aromatic carbocycles. The van der Waals surface area contributed by atoms with E-state index in [-0.39, 0.29) is 5.78 Å². The van der Waals surface area contributed by atoms with E-state index in [2.05, 4.69) is 6.07 Å². The van der Waals surface area contributed by atoms with Gasteiger partial charge in [0.1, 0.15) is 5.75 Å². The van der Waals surface area contributed by atoms with Crippen LogP contribution in [0.15, 0.2) is 48.2 Å². The Morgan fingerprint density at radius 2 is 1.90 bits per heavy atom. The van der Waals surface area contributed by atoms with E-state index in [9.17, 15) is 4.79 Å². The van der Waals surface area contributed by atoms with Gasteiger partial charge in [0.2, 0.25) is 5.78 Å². The Morgan fingerprint density at radius 1 is 1.15 bits per heavy atom. The molecule has 96 valence electrons. The third-order valence-electron chi connectivity index (χ3n) is 3.16. The van der Waals surface area contributed by atoms with Crippen LogP contribution in [0.25, 0.3) is 6.08 Å². The van der Waals surface area contributed by atoms with Crippen molar-refractivity contribution in [3.8, 4) is 11.8 Å². The standard InChI is InChI=1S/C17H11NO2/c1-11-2-7-14-15(8-11)20-16(17(14)19)9-12-3-5-13(10-18)6-4-12/h2-9H,1H3/b16-9-. The van der Waals surface area contributed by atoms with Crippen molar-refractivity contribution in [1.29, 1.82) is 5.26 Å². The lowest BCUT2D eigenvalue weighted by Crippen LogP contribution is -1.97. The number of nitriles is 1. The number of allylic oxidation sites excluding steroid dienone is 1. The zero-order chi connectivity index (χ0) is 14.1. The molecule has 1 aliphatic heterocycles. The van der Waals surface area contributed by atoms with E-state index >= 15 is 0 Å². The van der Waals surface area contributed by atoms with Crippen LogP contribution in [0.1, 0.15) is 27.0 Å². The maximum Gasteiger partial charge on any atom is 0.231 e. The molecule has 3 nitrogen and oxygen atoms in total. The molecule has 0 unspecified atom stereocenters. The topological polar surface area (TPSA) is 50.1 Å². The smallest absolute Gasteiger partial charge is 0.231 e. The Bertz CT molecular complexity index is 765. The van der Waals surface area contributed by atoms with Crippen LogP contribution in [-0.4, -0.2) is 5.78 Å². The molecule has 0 aliphatic carbocycles. The zero-order valence-corrected chi connectivity index (χ0v) is 10.9. The van der Waals surface area contributed by atoms with Crippen LogP contribution < -0.4 is 4.74 Å². The van der Waals surface area contributed by atoms with Crippen LogP contribution in [-0.2, 0) is 0 Å². The number of ether oxygens (including phenoxy) is 1. The van der Waals surface area contributed by atoms with Crippen LogP contribution in [0.4, 0.5) is 0 Å². The molecule has 0 saturated heterocycles. The van der Waals surface area contributed by atoms with Gasteiger partial charge in [0.05, 0.1) is 17.2 Å². The number of ketones is 1. The molecular weight excluding hydrogens is 250 g/mol. The number of hydrogen-bond donors (Lipinski definition) is 0. The number of nitrogens with zero attached hydrogens (tertiary/aromatic N) is 1. The van der Waals surface area contributed by atoms with E-state index in [1.54, 1.807) is 36.4 Å². The summed E-state index contributed by atoms with van der Waals surface area (Å²) in [5.74, 6) is 0.814. The van der Waals surface area contributed by atoms with Crippen molar-refractivity contribution in [2.45, 2.75) is 6.92 Å². The summed E-state index contributed by atoms with van der Waals surface area (Å²) in [5, 5.41) is 8.75. The summed E-state index contributed by atoms with van der Waals surface area (Å²) in [5.41, 5.74) is 3.06. The quantitative estimate of drug-likeness (QED) is 0.738. The molecule has 3 heteroatoms. The number of fused-ring (bicyclic) bond motifs is 1. The van der Waals surface area contributed by atoms with E-state index in [4.69, 9.17) is 10.00 Å². The molecule has 20 heavy (non-hydrogen) atoms. The number of aryl methyl sites for hydroxylation is 1. The van der Waals surface area contributed by atoms with Gasteiger partial charge in [-0.1, -0.05) is 18.2 Å². The van der Waals surface area contributed by atoms with Crippen molar-refractivity contribution < 1.29 is 9.53 Å². The van der Waals surface area contributed by atoms with Crippen molar-refractivity contribution >= 4 is 11.9 Å². The van der Waals surface area contributed by atoms with Crippen molar-refractivity contribution in [2.24, 2.45) is 0 Å². The van der Waals surface area contributed by atoms with Crippen molar-refractivity contribution in [1.82, 2.24) is 0 Å². The molecule has 0 N–H and O–H groups in total. The fourth-order valence-electron chi connectivity index (χ4n) is 2.10. The summed E-state index contributed by atoms with van der Waals surface area (Å²) in [4.78, 5) is 12.2. The van der Waals surface area contributed by atoms with Gasteiger partial charge in [0.15, 0.2) is 5.76 Å². The molecule has 1 aliphatic rings. The maximum absolute atomic E-state index is 12.2. The van der Waals surface area contributed by atoms with Gasteiger partial charge >= 0.3 is 0 Å². The normalized spacial score (nSPS) is 14.8. The molecule has 0 amide bonds. The van der Waals surface area contributed by atoms with Gasteiger partial charge in [-0.15, -0.1) is 0 Å². The summed E-state index contributed by atoms with van der Waals surface area (Å²) in [6.45, 7) is 1.95. The number of carbonyl (C=O) groups excluding carboxylic acids is 1. The highest BCUT2D eigenvalue weighted by atomic mass is 16.5. The van der Waals surface area contributed by atoms with E-state index < -0.39 is 0 Å². The second-order valence-electron chi connectivity index (χ2n) is 4.67. The second-order valence-corrected chi connectivity index (χ2v) is 4.67. The fourth-order valence-corrected chi connectivity index (χ4v) is 2.10. The van der Waals surface area contributed by atoms with Crippen molar-refractivity contribution in [2.75, 3.05) is 0 Å². The summed E-state index contributed by atoms with van der Waals surface area (Å²) in [6, 6.07) is 14.6. The molecule has 1 heterocycles. The lowest BCUT2D eigenvalue weighted by atomic mass is 10.1. The molecule has 0 fully saturated rings. The van der Waals surface area contributed by atoms with Gasteiger partial charge in [0.25, 0.3) is 0 Å². The highest BCUT2D eigenvalue weighted by molar-refractivity contribution is 6.14. The first kappa shape index (κ1) is 12.2. The predicted molar refractivity (Wildman–Crippen MR) is 75.3 cm³/mol. The third-order valence-corrected chi connectivity index (χ3v) is 3.16. The van der Waals surface area contributed by atoms with E-state index in [1.807, 2.05) is 19.1 Å². The Hall–Kier alpha value is -2.86. The lowest BCUT2D eigenvalue weighted by molar-refractivity contribution is 0.101. The second kappa shape index (κ2) is 4.67. The average molecular weight is 261 g/mol.